The summed E-state index contributed by atoms with van der Waals surface area (Å²) >= 11 is 0. The highest BCUT2D eigenvalue weighted by molar-refractivity contribution is 5.94. The molecule has 2 rings (SSSR count). The molecule has 24 heavy (non-hydrogen) atoms. The Bertz CT molecular complexity index is 699. The molecule has 0 saturated heterocycles. The van der Waals surface area contributed by atoms with Crippen molar-refractivity contribution >= 4 is 23.8 Å². The highest BCUT2D eigenvalue weighted by Crippen LogP contribution is 2.06. The summed E-state index contributed by atoms with van der Waals surface area (Å²) in [6.07, 6.45) is 6.43. The summed E-state index contributed by atoms with van der Waals surface area (Å²) in [6.45, 7) is 0.988. The number of hydrogen-bond acceptors (Lipinski definition) is 5. The highest BCUT2D eigenvalue weighted by Gasteiger charge is 2.01. The molecule has 0 spiro atoms. The van der Waals surface area contributed by atoms with Crippen LogP contribution in [0.15, 0.2) is 48.8 Å². The second-order valence-corrected chi connectivity index (χ2v) is 4.82. The number of carbonyl (C=O) groups excluding carboxylic acids is 2. The lowest BCUT2D eigenvalue weighted by atomic mass is 10.1. The van der Waals surface area contributed by atoms with E-state index in [-0.39, 0.29) is 11.8 Å². The van der Waals surface area contributed by atoms with Crippen molar-refractivity contribution in [3.63, 3.8) is 0 Å². The first-order valence-corrected chi connectivity index (χ1v) is 7.48. The Balaban J connectivity index is 1.73. The monoisotopic (exact) mass is 325 g/mol. The van der Waals surface area contributed by atoms with E-state index < -0.39 is 0 Å². The predicted octanol–water partition coefficient (Wildman–Crippen LogP) is 1.08. The molecule has 0 fully saturated rings. The fraction of sp³-hybridized carbons (Fsp3) is 0.176. The summed E-state index contributed by atoms with van der Waals surface area (Å²) in [5, 5.41) is 8.31. The van der Waals surface area contributed by atoms with Crippen LogP contribution >= 0.6 is 0 Å². The third kappa shape index (κ3) is 5.53. The molecule has 3 N–H and O–H groups in total. The van der Waals surface area contributed by atoms with Gasteiger partial charge in [0.25, 0.3) is 5.91 Å². The van der Waals surface area contributed by atoms with Gasteiger partial charge in [-0.2, -0.15) is 0 Å². The van der Waals surface area contributed by atoms with Crippen LogP contribution in [0, 0.1) is 0 Å². The molecular weight excluding hydrogens is 306 g/mol. The predicted molar refractivity (Wildman–Crippen MR) is 92.4 cm³/mol. The quantitative estimate of drug-likeness (QED) is 0.523. The molecule has 0 unspecified atom stereocenters. The summed E-state index contributed by atoms with van der Waals surface area (Å²) in [5.41, 5.74) is 1.42. The Morgan fingerprint density at radius 2 is 1.79 bits per heavy atom. The minimum atomic E-state index is -0.193. The van der Waals surface area contributed by atoms with Gasteiger partial charge in [0.2, 0.25) is 11.9 Å². The first-order valence-electron chi connectivity index (χ1n) is 7.48. The van der Waals surface area contributed by atoms with E-state index >= 15 is 0 Å². The van der Waals surface area contributed by atoms with Crippen LogP contribution < -0.4 is 16.0 Å². The lowest BCUT2D eigenvalue weighted by Gasteiger charge is -2.04. The van der Waals surface area contributed by atoms with Gasteiger partial charge >= 0.3 is 0 Å². The molecular formula is C17H19N5O2. The normalized spacial score (nSPS) is 10.4. The number of hydrogen-bond donors (Lipinski definition) is 3. The average Bonchev–Trinajstić information content (AvgIpc) is 2.64. The minimum Gasteiger partial charge on any atom is -0.355 e. The maximum Gasteiger partial charge on any atom is 0.251 e. The Morgan fingerprint density at radius 3 is 2.46 bits per heavy atom. The van der Waals surface area contributed by atoms with E-state index in [2.05, 4.69) is 25.9 Å². The molecule has 0 aliphatic rings. The fourth-order valence-corrected chi connectivity index (χ4v) is 1.87. The molecule has 1 heterocycles. The van der Waals surface area contributed by atoms with Crippen LogP contribution in [0.2, 0.25) is 0 Å². The molecule has 0 aliphatic carbocycles. The minimum absolute atomic E-state index is 0.141. The van der Waals surface area contributed by atoms with E-state index in [9.17, 15) is 9.59 Å². The maximum atomic E-state index is 11.7. The van der Waals surface area contributed by atoms with Crippen molar-refractivity contribution in [2.45, 2.75) is 0 Å². The lowest BCUT2D eigenvalue weighted by molar-refractivity contribution is -0.116. The SMILES string of the molecule is CNC(=O)c1ccc(/C=C/C(=O)NCCNc2ncccn2)cc1. The Hall–Kier alpha value is -3.22. The number of amides is 2. The van der Waals surface area contributed by atoms with Crippen molar-refractivity contribution in [1.29, 1.82) is 0 Å². The second-order valence-electron chi connectivity index (χ2n) is 4.82. The van der Waals surface area contributed by atoms with Gasteiger partial charge in [0, 0.05) is 44.2 Å². The maximum absolute atomic E-state index is 11.7. The number of aromatic nitrogens is 2. The first kappa shape index (κ1) is 17.1. The van der Waals surface area contributed by atoms with Crippen LogP contribution in [0.25, 0.3) is 6.08 Å². The van der Waals surface area contributed by atoms with E-state index in [1.54, 1.807) is 55.8 Å². The molecule has 124 valence electrons. The zero-order valence-corrected chi connectivity index (χ0v) is 13.3. The number of nitrogens with zero attached hydrogens (tertiary/aromatic N) is 2. The van der Waals surface area contributed by atoms with Crippen LogP contribution in [-0.2, 0) is 4.79 Å². The summed E-state index contributed by atoms with van der Waals surface area (Å²) in [5.74, 6) is 0.192. The van der Waals surface area contributed by atoms with Gasteiger partial charge in [0.1, 0.15) is 0 Å². The Kier molecular flexibility index (Phi) is 6.46. The summed E-state index contributed by atoms with van der Waals surface area (Å²) in [7, 11) is 1.58. The zero-order chi connectivity index (χ0) is 17.2. The van der Waals surface area contributed by atoms with E-state index in [1.165, 1.54) is 6.08 Å². The van der Waals surface area contributed by atoms with Gasteiger partial charge in [-0.05, 0) is 29.8 Å². The average molecular weight is 325 g/mol. The molecule has 0 atom stereocenters. The van der Waals surface area contributed by atoms with E-state index in [1.807, 2.05) is 0 Å². The van der Waals surface area contributed by atoms with Gasteiger partial charge < -0.3 is 16.0 Å². The van der Waals surface area contributed by atoms with E-state index in [0.29, 0.717) is 24.6 Å². The van der Waals surface area contributed by atoms with Crippen LogP contribution in [0.4, 0.5) is 5.95 Å². The number of nitrogens with one attached hydrogen (secondary N) is 3. The molecule has 0 bridgehead atoms. The smallest absolute Gasteiger partial charge is 0.251 e. The lowest BCUT2D eigenvalue weighted by Crippen LogP contribution is -2.27. The van der Waals surface area contributed by atoms with Crippen LogP contribution in [0.5, 0.6) is 0 Å². The largest absolute Gasteiger partial charge is 0.355 e. The van der Waals surface area contributed by atoms with Gasteiger partial charge in [0.05, 0.1) is 0 Å². The van der Waals surface area contributed by atoms with Gasteiger partial charge in [-0.3, -0.25) is 9.59 Å². The van der Waals surface area contributed by atoms with Crippen LogP contribution in [0.3, 0.4) is 0 Å². The van der Waals surface area contributed by atoms with Crippen molar-refractivity contribution in [3.8, 4) is 0 Å². The third-order valence-corrected chi connectivity index (χ3v) is 3.10. The molecule has 1 aromatic heterocycles. The molecule has 0 saturated carbocycles. The number of anilines is 1. The van der Waals surface area contributed by atoms with Gasteiger partial charge in [0.15, 0.2) is 0 Å². The van der Waals surface area contributed by atoms with Gasteiger partial charge in [-0.25, -0.2) is 9.97 Å². The third-order valence-electron chi connectivity index (χ3n) is 3.10. The number of rotatable bonds is 7. The Morgan fingerprint density at radius 1 is 1.08 bits per heavy atom. The zero-order valence-electron chi connectivity index (χ0n) is 13.3. The van der Waals surface area contributed by atoms with Crippen molar-refractivity contribution in [1.82, 2.24) is 20.6 Å². The van der Waals surface area contributed by atoms with Crippen molar-refractivity contribution in [3.05, 3.63) is 59.9 Å². The summed E-state index contributed by atoms with van der Waals surface area (Å²) in [4.78, 5) is 31.2. The van der Waals surface area contributed by atoms with Crippen molar-refractivity contribution < 1.29 is 9.59 Å². The first-order chi connectivity index (χ1) is 11.7. The molecule has 2 amide bonds. The van der Waals surface area contributed by atoms with Crippen LogP contribution in [-0.4, -0.2) is 41.9 Å². The Labute approximate surface area is 140 Å². The van der Waals surface area contributed by atoms with E-state index in [4.69, 9.17) is 0 Å². The molecule has 0 radical (unpaired) electrons. The topological polar surface area (TPSA) is 96.0 Å². The van der Waals surface area contributed by atoms with Crippen molar-refractivity contribution in [2.75, 3.05) is 25.5 Å². The van der Waals surface area contributed by atoms with Crippen LogP contribution in [0.1, 0.15) is 15.9 Å². The molecule has 7 heteroatoms. The number of benzene rings is 1. The van der Waals surface area contributed by atoms with E-state index in [0.717, 1.165) is 5.56 Å². The second kappa shape index (κ2) is 9.04. The standard InChI is InChI=1S/C17H19N5O2/c1-18-16(24)14-6-3-13(4-7-14)5-8-15(23)19-11-12-22-17-20-9-2-10-21-17/h2-10H,11-12H2,1H3,(H,18,24)(H,19,23)(H,20,21,22)/b8-5+. The highest BCUT2D eigenvalue weighted by atomic mass is 16.2. The summed E-state index contributed by atoms with van der Waals surface area (Å²) < 4.78 is 0. The van der Waals surface area contributed by atoms with Gasteiger partial charge in [-0.1, -0.05) is 12.1 Å². The number of carbonyl (C=O) groups is 2. The van der Waals surface area contributed by atoms with Crippen molar-refractivity contribution in [2.24, 2.45) is 0 Å². The molecule has 0 aliphatic heterocycles. The molecule has 7 nitrogen and oxygen atoms in total. The fourth-order valence-electron chi connectivity index (χ4n) is 1.87. The molecule has 2 aromatic rings. The van der Waals surface area contributed by atoms with Gasteiger partial charge in [-0.15, -0.1) is 0 Å². The summed E-state index contributed by atoms with van der Waals surface area (Å²) in [6, 6.07) is 8.71. The molecule has 1 aromatic carbocycles.